The van der Waals surface area contributed by atoms with Crippen molar-refractivity contribution in [2.45, 2.75) is 20.4 Å². The second-order valence-corrected chi connectivity index (χ2v) is 5.24. The van der Waals surface area contributed by atoms with E-state index < -0.39 is 0 Å². The van der Waals surface area contributed by atoms with Crippen molar-refractivity contribution >= 4 is 27.8 Å². The minimum Gasteiger partial charge on any atom is -0.496 e. The molecule has 0 atom stereocenters. The van der Waals surface area contributed by atoms with E-state index in [2.05, 4.69) is 47.1 Å². The standard InChI is InChI=1S/C17H17N3O/c1-4-19-16-11(2)15(21-3)10-9-14(16)20-13-8-6-5-7-12(13)18-17(19)20/h5-10H,4H2,1-3H3. The molecule has 2 aromatic carbocycles. The van der Waals surface area contributed by atoms with Crippen LogP contribution in [0.25, 0.3) is 27.8 Å². The number of nitrogens with zero attached hydrogens (tertiary/aromatic N) is 3. The lowest BCUT2D eigenvalue weighted by Crippen LogP contribution is -1.97. The molecule has 0 fully saturated rings. The number of fused-ring (bicyclic) bond motifs is 5. The van der Waals surface area contributed by atoms with Crippen molar-refractivity contribution < 1.29 is 4.74 Å². The third-order valence-corrected chi connectivity index (χ3v) is 4.19. The molecule has 0 N–H and O–H groups in total. The molecule has 0 radical (unpaired) electrons. The zero-order valence-electron chi connectivity index (χ0n) is 12.4. The molecule has 106 valence electrons. The first-order chi connectivity index (χ1) is 10.3. The number of hydrogen-bond donors (Lipinski definition) is 0. The quantitative estimate of drug-likeness (QED) is 0.559. The number of hydrogen-bond acceptors (Lipinski definition) is 2. The first kappa shape index (κ1) is 12.3. The smallest absolute Gasteiger partial charge is 0.215 e. The van der Waals surface area contributed by atoms with E-state index in [-0.39, 0.29) is 0 Å². The number of aryl methyl sites for hydroxylation is 2. The van der Waals surface area contributed by atoms with Gasteiger partial charge in [0.15, 0.2) is 0 Å². The highest BCUT2D eigenvalue weighted by atomic mass is 16.5. The lowest BCUT2D eigenvalue weighted by atomic mass is 10.2. The zero-order chi connectivity index (χ0) is 14.6. The number of methoxy groups -OCH3 is 1. The van der Waals surface area contributed by atoms with E-state index in [9.17, 15) is 0 Å². The largest absolute Gasteiger partial charge is 0.496 e. The first-order valence-corrected chi connectivity index (χ1v) is 7.19. The summed E-state index contributed by atoms with van der Waals surface area (Å²) in [7, 11) is 1.72. The maximum absolute atomic E-state index is 5.47. The SMILES string of the molecule is CCn1c2c(C)c(OC)ccc2n2c3ccccc3nc12. The van der Waals surface area contributed by atoms with Crippen molar-refractivity contribution in [3.8, 4) is 5.75 Å². The van der Waals surface area contributed by atoms with Gasteiger partial charge in [0.2, 0.25) is 5.78 Å². The van der Waals surface area contributed by atoms with Gasteiger partial charge in [-0.25, -0.2) is 4.98 Å². The van der Waals surface area contributed by atoms with E-state index in [1.54, 1.807) is 7.11 Å². The molecule has 0 aliphatic heterocycles. The Hall–Kier alpha value is -2.49. The van der Waals surface area contributed by atoms with Gasteiger partial charge in [0.05, 0.1) is 29.2 Å². The zero-order valence-corrected chi connectivity index (χ0v) is 12.4. The van der Waals surface area contributed by atoms with Crippen LogP contribution in [0.2, 0.25) is 0 Å². The predicted octanol–water partition coefficient (Wildman–Crippen LogP) is 3.78. The number of ether oxygens (including phenoxy) is 1. The Morgan fingerprint density at radius 1 is 1.10 bits per heavy atom. The fourth-order valence-electron chi connectivity index (χ4n) is 3.24. The van der Waals surface area contributed by atoms with E-state index in [0.29, 0.717) is 0 Å². The summed E-state index contributed by atoms with van der Waals surface area (Å²) in [5, 5.41) is 0. The average Bonchev–Trinajstić information content (AvgIpc) is 3.02. The normalized spacial score (nSPS) is 11.8. The van der Waals surface area contributed by atoms with Crippen LogP contribution in [-0.2, 0) is 6.54 Å². The van der Waals surface area contributed by atoms with E-state index in [1.807, 2.05) is 12.1 Å². The highest BCUT2D eigenvalue weighted by Gasteiger charge is 2.17. The van der Waals surface area contributed by atoms with Crippen molar-refractivity contribution in [1.29, 1.82) is 0 Å². The molecular weight excluding hydrogens is 262 g/mol. The summed E-state index contributed by atoms with van der Waals surface area (Å²) < 4.78 is 9.96. The summed E-state index contributed by atoms with van der Waals surface area (Å²) in [4.78, 5) is 4.80. The van der Waals surface area contributed by atoms with Gasteiger partial charge in [-0.2, -0.15) is 0 Å². The number of para-hydroxylation sites is 2. The van der Waals surface area contributed by atoms with Gasteiger partial charge in [-0.3, -0.25) is 4.40 Å². The van der Waals surface area contributed by atoms with Crippen molar-refractivity contribution in [2.24, 2.45) is 0 Å². The fraction of sp³-hybridized carbons (Fsp3) is 0.235. The highest BCUT2D eigenvalue weighted by Crippen LogP contribution is 2.32. The topological polar surface area (TPSA) is 31.5 Å². The van der Waals surface area contributed by atoms with Crippen molar-refractivity contribution in [3.05, 3.63) is 42.0 Å². The molecule has 4 rings (SSSR count). The van der Waals surface area contributed by atoms with Gasteiger partial charge in [0, 0.05) is 12.1 Å². The third-order valence-electron chi connectivity index (χ3n) is 4.19. The Morgan fingerprint density at radius 2 is 1.90 bits per heavy atom. The Labute approximate surface area is 122 Å². The van der Waals surface area contributed by atoms with Gasteiger partial charge in [0.25, 0.3) is 0 Å². The first-order valence-electron chi connectivity index (χ1n) is 7.19. The average molecular weight is 279 g/mol. The second-order valence-electron chi connectivity index (χ2n) is 5.24. The summed E-state index contributed by atoms with van der Waals surface area (Å²) >= 11 is 0. The maximum Gasteiger partial charge on any atom is 0.215 e. The van der Waals surface area contributed by atoms with Crippen molar-refractivity contribution in [3.63, 3.8) is 0 Å². The van der Waals surface area contributed by atoms with Crippen LogP contribution < -0.4 is 4.74 Å². The summed E-state index contributed by atoms with van der Waals surface area (Å²) in [6, 6.07) is 12.4. The van der Waals surface area contributed by atoms with E-state index >= 15 is 0 Å². The molecule has 2 heterocycles. The molecule has 0 spiro atoms. The van der Waals surface area contributed by atoms with Gasteiger partial charge < -0.3 is 9.30 Å². The summed E-state index contributed by atoms with van der Waals surface area (Å²) in [6.45, 7) is 5.14. The minimum absolute atomic E-state index is 0.879. The van der Waals surface area contributed by atoms with Crippen LogP contribution >= 0.6 is 0 Å². The molecule has 0 amide bonds. The Balaban J connectivity index is 2.29. The highest BCUT2D eigenvalue weighted by molar-refractivity contribution is 5.92. The van der Waals surface area contributed by atoms with Gasteiger partial charge in [-0.1, -0.05) is 12.1 Å². The summed E-state index contributed by atoms with van der Waals surface area (Å²) in [6.07, 6.45) is 0. The lowest BCUT2D eigenvalue weighted by molar-refractivity contribution is 0.412. The number of aromatic nitrogens is 3. The molecule has 4 aromatic rings. The van der Waals surface area contributed by atoms with Crippen LogP contribution in [0.3, 0.4) is 0 Å². The molecule has 0 saturated carbocycles. The molecule has 4 heteroatoms. The van der Waals surface area contributed by atoms with Crippen molar-refractivity contribution in [1.82, 2.24) is 14.0 Å². The molecule has 0 unspecified atom stereocenters. The molecule has 4 nitrogen and oxygen atoms in total. The Kier molecular flexibility index (Phi) is 2.48. The van der Waals surface area contributed by atoms with Gasteiger partial charge in [0.1, 0.15) is 5.75 Å². The Morgan fingerprint density at radius 3 is 2.67 bits per heavy atom. The lowest BCUT2D eigenvalue weighted by Gasteiger charge is -2.08. The van der Waals surface area contributed by atoms with Gasteiger partial charge >= 0.3 is 0 Å². The summed E-state index contributed by atoms with van der Waals surface area (Å²) in [5.41, 5.74) is 5.72. The van der Waals surface area contributed by atoms with E-state index in [1.165, 1.54) is 11.0 Å². The monoisotopic (exact) mass is 279 g/mol. The maximum atomic E-state index is 5.47. The molecule has 2 aromatic heterocycles. The molecule has 0 aliphatic carbocycles. The minimum atomic E-state index is 0.879. The van der Waals surface area contributed by atoms with Crippen LogP contribution in [0.4, 0.5) is 0 Å². The Bertz CT molecular complexity index is 978. The molecule has 0 aliphatic rings. The van der Waals surface area contributed by atoms with Crippen LogP contribution in [0.1, 0.15) is 12.5 Å². The van der Waals surface area contributed by atoms with E-state index in [0.717, 1.165) is 34.7 Å². The van der Waals surface area contributed by atoms with Crippen LogP contribution in [0.5, 0.6) is 5.75 Å². The molecule has 0 saturated heterocycles. The van der Waals surface area contributed by atoms with Crippen LogP contribution in [-0.4, -0.2) is 21.1 Å². The van der Waals surface area contributed by atoms with Gasteiger partial charge in [-0.15, -0.1) is 0 Å². The van der Waals surface area contributed by atoms with Crippen LogP contribution in [0.15, 0.2) is 36.4 Å². The van der Waals surface area contributed by atoms with Crippen LogP contribution in [0, 0.1) is 6.92 Å². The number of rotatable bonds is 2. The third kappa shape index (κ3) is 1.47. The predicted molar refractivity (Wildman–Crippen MR) is 85.2 cm³/mol. The summed E-state index contributed by atoms with van der Waals surface area (Å²) in [5.74, 6) is 1.91. The number of imidazole rings is 2. The van der Waals surface area contributed by atoms with Gasteiger partial charge in [-0.05, 0) is 38.1 Å². The molecular formula is C17H17N3O. The fourth-order valence-corrected chi connectivity index (χ4v) is 3.24. The molecule has 21 heavy (non-hydrogen) atoms. The molecule has 0 bridgehead atoms. The second kappa shape index (κ2) is 4.25. The number of benzene rings is 2. The van der Waals surface area contributed by atoms with Crippen molar-refractivity contribution in [2.75, 3.05) is 7.11 Å². The van der Waals surface area contributed by atoms with E-state index in [4.69, 9.17) is 9.72 Å².